The summed E-state index contributed by atoms with van der Waals surface area (Å²) in [5, 5.41) is 5.41. The summed E-state index contributed by atoms with van der Waals surface area (Å²) in [5.41, 5.74) is 4.01. The molecule has 1 aromatic rings. The fourth-order valence-corrected chi connectivity index (χ4v) is 7.36. The summed E-state index contributed by atoms with van der Waals surface area (Å²) in [7, 11) is 0. The van der Waals surface area contributed by atoms with Crippen LogP contribution in [0, 0.1) is 5.92 Å². The van der Waals surface area contributed by atoms with Gasteiger partial charge in [-0.2, -0.15) is 0 Å². The first-order valence-corrected chi connectivity index (χ1v) is 11.2. The molecule has 0 bridgehead atoms. The van der Waals surface area contributed by atoms with E-state index in [4.69, 9.17) is 16.6 Å². The zero-order valence-electron chi connectivity index (χ0n) is 14.9. The highest BCUT2D eigenvalue weighted by Gasteiger charge is 2.50. The molecule has 0 aromatic heterocycles. The Bertz CT molecular complexity index is 757. The van der Waals surface area contributed by atoms with E-state index in [0.717, 1.165) is 31.6 Å². The highest BCUT2D eigenvalue weighted by atomic mass is 35.5. The zero-order valence-corrected chi connectivity index (χ0v) is 16.4. The largest absolute Gasteiger partial charge is 0.288 e. The first kappa shape index (κ1) is 17.1. The second-order valence-corrected chi connectivity index (χ2v) is 9.86. The van der Waals surface area contributed by atoms with Gasteiger partial charge in [0.2, 0.25) is 0 Å². The van der Waals surface area contributed by atoms with Gasteiger partial charge >= 0.3 is 0 Å². The van der Waals surface area contributed by atoms with Crippen molar-refractivity contribution >= 4 is 29.1 Å². The van der Waals surface area contributed by atoms with Crippen molar-refractivity contribution in [2.45, 2.75) is 60.2 Å². The molecule has 1 aromatic carbocycles. The van der Waals surface area contributed by atoms with E-state index < -0.39 is 0 Å². The van der Waals surface area contributed by atoms with E-state index in [2.05, 4.69) is 65.6 Å². The number of allylic oxidation sites excluding steroid dienone is 3. The molecule has 1 saturated carbocycles. The number of nitrogens with one attached hydrogen (secondary N) is 1. The third kappa shape index (κ3) is 3.08. The van der Waals surface area contributed by atoms with Gasteiger partial charge in [0.25, 0.3) is 0 Å². The van der Waals surface area contributed by atoms with E-state index in [1.807, 2.05) is 0 Å². The van der Waals surface area contributed by atoms with E-state index in [-0.39, 0.29) is 6.17 Å². The van der Waals surface area contributed by atoms with Crippen LogP contribution in [0.3, 0.4) is 0 Å². The number of hydrogen-bond donors (Lipinski definition) is 1. The SMILES string of the molecule is ClC1CCC2C(C1)SC1C(c3ccccc3)=NC(C3=CC=CCC3)NC12. The van der Waals surface area contributed by atoms with Gasteiger partial charge in [0.15, 0.2) is 0 Å². The Hall–Kier alpha value is -1.03. The summed E-state index contributed by atoms with van der Waals surface area (Å²) in [4.78, 5) is 5.24. The summed E-state index contributed by atoms with van der Waals surface area (Å²) in [5.74, 6) is 0.719. The molecule has 1 N–H and O–H groups in total. The molecule has 26 heavy (non-hydrogen) atoms. The molecule has 0 amide bonds. The number of halogens is 1. The van der Waals surface area contributed by atoms with Crippen LogP contribution in [0.5, 0.6) is 0 Å². The Morgan fingerprint density at radius 1 is 1.15 bits per heavy atom. The smallest absolute Gasteiger partial charge is 0.122 e. The number of rotatable bonds is 2. The van der Waals surface area contributed by atoms with Crippen LogP contribution in [0.4, 0.5) is 0 Å². The van der Waals surface area contributed by atoms with E-state index in [1.165, 1.54) is 23.3 Å². The van der Waals surface area contributed by atoms with Crippen molar-refractivity contribution in [2.24, 2.45) is 10.9 Å². The maximum atomic E-state index is 6.50. The van der Waals surface area contributed by atoms with E-state index in [9.17, 15) is 0 Å². The van der Waals surface area contributed by atoms with Gasteiger partial charge in [-0.1, -0.05) is 48.6 Å². The average molecular weight is 385 g/mol. The first-order valence-electron chi connectivity index (χ1n) is 9.84. The number of thioether (sulfide) groups is 1. The van der Waals surface area contributed by atoms with Gasteiger partial charge in [0.1, 0.15) is 6.17 Å². The number of aliphatic imine (C=N–C) groups is 1. The molecule has 2 heterocycles. The number of hydrogen-bond acceptors (Lipinski definition) is 3. The predicted molar refractivity (Wildman–Crippen MR) is 112 cm³/mol. The molecule has 6 atom stereocenters. The lowest BCUT2D eigenvalue weighted by Gasteiger charge is -2.37. The normalized spacial score (nSPS) is 39.0. The Morgan fingerprint density at radius 3 is 2.85 bits per heavy atom. The van der Waals surface area contributed by atoms with Crippen LogP contribution in [0.15, 0.2) is 59.1 Å². The summed E-state index contributed by atoms with van der Waals surface area (Å²) in [6.45, 7) is 0. The molecule has 2 aliphatic heterocycles. The average Bonchev–Trinajstić information content (AvgIpc) is 3.06. The lowest BCUT2D eigenvalue weighted by Crippen LogP contribution is -2.53. The minimum Gasteiger partial charge on any atom is -0.288 e. The number of fused-ring (bicyclic) bond motifs is 3. The summed E-state index contributed by atoms with van der Waals surface area (Å²) in [6, 6.07) is 11.3. The van der Waals surface area contributed by atoms with Gasteiger partial charge in [-0.3, -0.25) is 10.3 Å². The molecular weight excluding hydrogens is 360 g/mol. The standard InChI is InChI=1S/C22H25ClN2S/c23-16-11-12-17-18(13-16)26-21-19(14-7-3-1-4-8-14)24-22(25-20(17)21)15-9-5-2-6-10-15/h1-5,7-9,16-18,20-22,25H,6,10-13H2. The lowest BCUT2D eigenvalue weighted by atomic mass is 9.80. The van der Waals surface area contributed by atoms with Gasteiger partial charge in [0, 0.05) is 16.7 Å². The van der Waals surface area contributed by atoms with Gasteiger partial charge in [-0.05, 0) is 49.2 Å². The molecular formula is C22H25ClN2S. The Balaban J connectivity index is 1.52. The Morgan fingerprint density at radius 2 is 2.04 bits per heavy atom. The molecule has 136 valence electrons. The van der Waals surface area contributed by atoms with Crippen LogP contribution in [0.25, 0.3) is 0 Å². The topological polar surface area (TPSA) is 24.4 Å². The second-order valence-electron chi connectivity index (χ2n) is 7.85. The highest BCUT2D eigenvalue weighted by Crippen LogP contribution is 2.50. The molecule has 0 radical (unpaired) electrons. The lowest BCUT2D eigenvalue weighted by molar-refractivity contribution is 0.287. The molecule has 4 heteroatoms. The molecule has 2 nitrogen and oxygen atoms in total. The van der Waals surface area contributed by atoms with Crippen molar-refractivity contribution in [3.63, 3.8) is 0 Å². The third-order valence-corrected chi connectivity index (χ3v) is 8.34. The van der Waals surface area contributed by atoms with Gasteiger partial charge in [-0.15, -0.1) is 23.4 Å². The van der Waals surface area contributed by atoms with Gasteiger partial charge in [-0.25, -0.2) is 0 Å². The summed E-state index contributed by atoms with van der Waals surface area (Å²) >= 11 is 8.63. The van der Waals surface area contributed by atoms with Crippen LogP contribution in [0.1, 0.15) is 37.7 Å². The Labute approximate surface area is 165 Å². The molecule has 6 unspecified atom stereocenters. The maximum absolute atomic E-state index is 6.50. The Kier molecular flexibility index (Phi) is 4.72. The number of nitrogens with zero attached hydrogens (tertiary/aromatic N) is 1. The van der Waals surface area contributed by atoms with E-state index in [1.54, 1.807) is 0 Å². The van der Waals surface area contributed by atoms with Crippen molar-refractivity contribution in [2.75, 3.05) is 0 Å². The third-order valence-electron chi connectivity index (χ3n) is 6.24. The summed E-state index contributed by atoms with van der Waals surface area (Å²) in [6.07, 6.45) is 12.6. The van der Waals surface area contributed by atoms with E-state index in [0.29, 0.717) is 21.9 Å². The highest BCUT2D eigenvalue weighted by molar-refractivity contribution is 8.01. The van der Waals surface area contributed by atoms with Crippen LogP contribution >= 0.6 is 23.4 Å². The van der Waals surface area contributed by atoms with Gasteiger partial charge < -0.3 is 0 Å². The van der Waals surface area contributed by atoms with Crippen LogP contribution in [-0.4, -0.2) is 33.8 Å². The maximum Gasteiger partial charge on any atom is 0.122 e. The quantitative estimate of drug-likeness (QED) is 0.730. The number of alkyl halides is 1. The van der Waals surface area contributed by atoms with E-state index >= 15 is 0 Å². The van der Waals surface area contributed by atoms with Gasteiger partial charge in [0.05, 0.1) is 11.0 Å². The monoisotopic (exact) mass is 384 g/mol. The van der Waals surface area contributed by atoms with Crippen molar-refractivity contribution < 1.29 is 0 Å². The molecule has 5 rings (SSSR count). The van der Waals surface area contributed by atoms with Crippen molar-refractivity contribution in [1.29, 1.82) is 0 Å². The first-order chi connectivity index (χ1) is 12.8. The predicted octanol–water partition coefficient (Wildman–Crippen LogP) is 4.94. The number of benzene rings is 1. The molecule has 2 fully saturated rings. The van der Waals surface area contributed by atoms with Crippen molar-refractivity contribution in [3.8, 4) is 0 Å². The van der Waals surface area contributed by atoms with Crippen LogP contribution in [0.2, 0.25) is 0 Å². The van der Waals surface area contributed by atoms with Crippen molar-refractivity contribution in [1.82, 2.24) is 5.32 Å². The molecule has 0 spiro atoms. The van der Waals surface area contributed by atoms with Crippen LogP contribution in [-0.2, 0) is 0 Å². The summed E-state index contributed by atoms with van der Waals surface area (Å²) < 4.78 is 0. The fraction of sp³-hybridized carbons (Fsp3) is 0.500. The van der Waals surface area contributed by atoms with Crippen molar-refractivity contribution in [3.05, 3.63) is 59.7 Å². The molecule has 1 saturated heterocycles. The zero-order chi connectivity index (χ0) is 17.5. The fourth-order valence-electron chi connectivity index (χ4n) is 4.93. The molecule has 2 aliphatic carbocycles. The minimum absolute atomic E-state index is 0.129. The minimum atomic E-state index is 0.129. The molecule has 4 aliphatic rings. The van der Waals surface area contributed by atoms with Crippen LogP contribution < -0.4 is 5.32 Å². The second kappa shape index (κ2) is 7.18.